The van der Waals surface area contributed by atoms with Crippen molar-refractivity contribution in [3.63, 3.8) is 0 Å². The van der Waals surface area contributed by atoms with Crippen LogP contribution < -0.4 is 0 Å². The summed E-state index contributed by atoms with van der Waals surface area (Å²) in [6, 6.07) is 9.74. The smallest absolute Gasteiger partial charge is 0.251 e. The molecule has 0 saturated carbocycles. The van der Waals surface area contributed by atoms with Crippen LogP contribution in [0.3, 0.4) is 0 Å². The molecule has 2 saturated heterocycles. The monoisotopic (exact) mass is 368 g/mol. The average Bonchev–Trinajstić information content (AvgIpc) is 3.42. The van der Waals surface area contributed by atoms with Crippen LogP contribution in [0.15, 0.2) is 42.7 Å². The molecule has 0 unspecified atom stereocenters. The van der Waals surface area contributed by atoms with Gasteiger partial charge in [0.25, 0.3) is 5.91 Å². The number of nitrogens with zero attached hydrogens (tertiary/aromatic N) is 4. The van der Waals surface area contributed by atoms with Crippen LogP contribution in [0.25, 0.3) is 5.69 Å². The van der Waals surface area contributed by atoms with E-state index in [1.807, 2.05) is 46.3 Å². The summed E-state index contributed by atoms with van der Waals surface area (Å²) in [6.07, 6.45) is 5.48. The van der Waals surface area contributed by atoms with Gasteiger partial charge in [0.1, 0.15) is 6.10 Å². The quantitative estimate of drug-likeness (QED) is 0.815. The lowest BCUT2D eigenvalue weighted by Crippen LogP contribution is -2.53. The largest absolute Gasteiger partial charge is 0.368 e. The Bertz CT molecular complexity index is 774. The molecule has 0 aliphatic carbocycles. The lowest BCUT2D eigenvalue weighted by atomic mass is 10.1. The van der Waals surface area contributed by atoms with E-state index >= 15 is 0 Å². The fraction of sp³-hybridized carbons (Fsp3) is 0.450. The van der Waals surface area contributed by atoms with Crippen molar-refractivity contribution in [1.29, 1.82) is 0 Å². The maximum atomic E-state index is 12.6. The van der Waals surface area contributed by atoms with E-state index in [1.54, 1.807) is 10.9 Å². The van der Waals surface area contributed by atoms with Crippen molar-refractivity contribution in [2.45, 2.75) is 25.4 Å². The van der Waals surface area contributed by atoms with Gasteiger partial charge in [-0.2, -0.15) is 5.10 Å². The summed E-state index contributed by atoms with van der Waals surface area (Å²) in [6.45, 7) is 3.02. The van der Waals surface area contributed by atoms with Gasteiger partial charge in [-0.3, -0.25) is 9.59 Å². The third kappa shape index (κ3) is 4.03. The van der Waals surface area contributed by atoms with Crippen LogP contribution in [0.2, 0.25) is 0 Å². The van der Waals surface area contributed by atoms with Gasteiger partial charge < -0.3 is 14.5 Å². The highest BCUT2D eigenvalue weighted by molar-refractivity contribution is 5.82. The van der Waals surface area contributed by atoms with Crippen LogP contribution in [-0.4, -0.2) is 70.3 Å². The summed E-state index contributed by atoms with van der Waals surface area (Å²) in [7, 11) is 0. The molecular weight excluding hydrogens is 344 g/mol. The Balaban J connectivity index is 1.28. The minimum atomic E-state index is -0.277. The highest BCUT2D eigenvalue weighted by Gasteiger charge is 2.31. The normalized spacial score (nSPS) is 20.1. The molecule has 1 atom stereocenters. The zero-order valence-electron chi connectivity index (χ0n) is 15.3. The van der Waals surface area contributed by atoms with Crippen molar-refractivity contribution in [2.24, 2.45) is 0 Å². The molecule has 1 aromatic heterocycles. The molecule has 27 heavy (non-hydrogen) atoms. The zero-order chi connectivity index (χ0) is 18.6. The summed E-state index contributed by atoms with van der Waals surface area (Å²) < 4.78 is 7.27. The SMILES string of the molecule is O=C(Cc1ccc(-n2cccn2)cc1)N1CCN(C(=O)[C@H]2CCCO2)CC1. The number of piperazine rings is 1. The van der Waals surface area contributed by atoms with E-state index in [1.165, 1.54) is 0 Å². The predicted octanol–water partition coefficient (Wildman–Crippen LogP) is 1.26. The second-order valence-corrected chi connectivity index (χ2v) is 7.00. The molecule has 3 heterocycles. The van der Waals surface area contributed by atoms with Crippen molar-refractivity contribution in [1.82, 2.24) is 19.6 Å². The van der Waals surface area contributed by atoms with Gasteiger partial charge in [0.05, 0.1) is 12.1 Å². The minimum Gasteiger partial charge on any atom is -0.368 e. The molecular formula is C20H24N4O3. The molecule has 2 aromatic rings. The van der Waals surface area contributed by atoms with E-state index in [0.29, 0.717) is 39.2 Å². The Morgan fingerprint density at radius 1 is 1.07 bits per heavy atom. The van der Waals surface area contributed by atoms with Crippen LogP contribution in [0.4, 0.5) is 0 Å². The van der Waals surface area contributed by atoms with Gasteiger partial charge in [-0.15, -0.1) is 0 Å². The molecule has 2 aliphatic rings. The van der Waals surface area contributed by atoms with Gasteiger partial charge >= 0.3 is 0 Å². The number of ether oxygens (including phenoxy) is 1. The third-order valence-electron chi connectivity index (χ3n) is 5.21. The number of carbonyl (C=O) groups excluding carboxylic acids is 2. The van der Waals surface area contributed by atoms with E-state index < -0.39 is 0 Å². The molecule has 1 aromatic carbocycles. The van der Waals surface area contributed by atoms with Gasteiger partial charge in [-0.05, 0) is 36.6 Å². The summed E-state index contributed by atoms with van der Waals surface area (Å²) >= 11 is 0. The van der Waals surface area contributed by atoms with Crippen molar-refractivity contribution < 1.29 is 14.3 Å². The second-order valence-electron chi connectivity index (χ2n) is 7.00. The molecule has 0 N–H and O–H groups in total. The summed E-state index contributed by atoms with van der Waals surface area (Å²) in [5.74, 6) is 0.180. The molecule has 142 valence electrons. The van der Waals surface area contributed by atoms with E-state index in [-0.39, 0.29) is 17.9 Å². The first kappa shape index (κ1) is 17.7. The van der Waals surface area contributed by atoms with Crippen LogP contribution in [0.1, 0.15) is 18.4 Å². The van der Waals surface area contributed by atoms with Crippen LogP contribution in [0.5, 0.6) is 0 Å². The first-order valence-electron chi connectivity index (χ1n) is 9.48. The van der Waals surface area contributed by atoms with Crippen molar-refractivity contribution in [2.75, 3.05) is 32.8 Å². The number of benzene rings is 1. The zero-order valence-corrected chi connectivity index (χ0v) is 15.3. The Hall–Kier alpha value is -2.67. The van der Waals surface area contributed by atoms with Gasteiger partial charge in [-0.1, -0.05) is 12.1 Å². The average molecular weight is 368 g/mol. The second kappa shape index (κ2) is 7.92. The van der Waals surface area contributed by atoms with E-state index in [2.05, 4.69) is 5.10 Å². The Kier molecular flexibility index (Phi) is 5.20. The summed E-state index contributed by atoms with van der Waals surface area (Å²) in [5, 5.41) is 4.20. The number of amides is 2. The van der Waals surface area contributed by atoms with E-state index in [4.69, 9.17) is 4.74 Å². The molecule has 4 rings (SSSR count). The number of hydrogen-bond donors (Lipinski definition) is 0. The molecule has 7 heteroatoms. The highest BCUT2D eigenvalue weighted by atomic mass is 16.5. The Morgan fingerprint density at radius 2 is 1.81 bits per heavy atom. The number of rotatable bonds is 4. The van der Waals surface area contributed by atoms with Gasteiger partial charge in [0, 0.05) is 45.2 Å². The van der Waals surface area contributed by atoms with Gasteiger partial charge in [-0.25, -0.2) is 4.68 Å². The summed E-state index contributed by atoms with van der Waals surface area (Å²) in [4.78, 5) is 28.7. The predicted molar refractivity (Wildman–Crippen MR) is 99.4 cm³/mol. The summed E-state index contributed by atoms with van der Waals surface area (Å²) in [5.41, 5.74) is 1.95. The third-order valence-corrected chi connectivity index (χ3v) is 5.21. The van der Waals surface area contributed by atoms with E-state index in [9.17, 15) is 9.59 Å². The fourth-order valence-electron chi connectivity index (χ4n) is 3.63. The molecule has 0 radical (unpaired) electrons. The van der Waals surface area contributed by atoms with Gasteiger partial charge in [0.15, 0.2) is 0 Å². The molecule has 0 spiro atoms. The Labute approximate surface area is 158 Å². The first-order chi connectivity index (χ1) is 13.2. The maximum absolute atomic E-state index is 12.6. The lowest BCUT2D eigenvalue weighted by Gasteiger charge is -2.35. The van der Waals surface area contributed by atoms with E-state index in [0.717, 1.165) is 24.1 Å². The first-order valence-corrected chi connectivity index (χ1v) is 9.48. The number of aromatic nitrogens is 2. The highest BCUT2D eigenvalue weighted by Crippen LogP contribution is 2.16. The lowest BCUT2D eigenvalue weighted by molar-refractivity contribution is -0.145. The van der Waals surface area contributed by atoms with Crippen molar-refractivity contribution in [3.8, 4) is 5.69 Å². The molecule has 2 amide bonds. The van der Waals surface area contributed by atoms with Crippen molar-refractivity contribution >= 4 is 11.8 Å². The van der Waals surface area contributed by atoms with Crippen LogP contribution in [0, 0.1) is 0 Å². The fourth-order valence-corrected chi connectivity index (χ4v) is 3.63. The molecule has 2 aliphatic heterocycles. The number of hydrogen-bond acceptors (Lipinski definition) is 4. The van der Waals surface area contributed by atoms with Crippen molar-refractivity contribution in [3.05, 3.63) is 48.3 Å². The maximum Gasteiger partial charge on any atom is 0.251 e. The topological polar surface area (TPSA) is 67.7 Å². The van der Waals surface area contributed by atoms with Gasteiger partial charge in [0.2, 0.25) is 5.91 Å². The number of carbonyl (C=O) groups is 2. The molecule has 7 nitrogen and oxygen atoms in total. The van der Waals surface area contributed by atoms with Crippen LogP contribution >= 0.6 is 0 Å². The standard InChI is InChI=1S/C20H24N4O3/c25-19(15-16-4-6-17(7-5-16)24-9-2-8-21-24)22-10-12-23(13-11-22)20(26)18-3-1-14-27-18/h2,4-9,18H,1,3,10-15H2/t18-/m1/s1. The minimum absolute atomic E-state index is 0.0776. The molecule has 2 fully saturated rings. The Morgan fingerprint density at radius 3 is 2.44 bits per heavy atom. The molecule has 0 bridgehead atoms. The van der Waals surface area contributed by atoms with Crippen LogP contribution in [-0.2, 0) is 20.7 Å².